The van der Waals surface area contributed by atoms with E-state index in [9.17, 15) is 5.26 Å². The molecule has 0 saturated heterocycles. The Morgan fingerprint density at radius 1 is 0.903 bits per heavy atom. The number of nitriles is 2. The molecule has 0 radical (unpaired) electrons. The van der Waals surface area contributed by atoms with Gasteiger partial charge >= 0.3 is 0 Å². The maximum atomic E-state index is 9.36. The molecule has 31 heavy (non-hydrogen) atoms. The number of hydrogen-bond donors (Lipinski definition) is 1. The van der Waals surface area contributed by atoms with Crippen molar-refractivity contribution in [3.05, 3.63) is 82.4 Å². The summed E-state index contributed by atoms with van der Waals surface area (Å²) in [5.41, 5.74) is 3.58. The van der Waals surface area contributed by atoms with Crippen molar-refractivity contribution in [2.75, 3.05) is 12.4 Å². The molecule has 4 aromatic rings. The standard InChI is InChI=1S/C24H16ClN5O/c1-31-22-9-5-17(11-21(22)25)14-28-24-20-10-16(13-27)4-8-19(20)23(29-30-24)18-6-2-15(12-26)3-7-18/h2-11H,14H2,1H3,(H,28,30). The first-order chi connectivity index (χ1) is 15.1. The zero-order valence-electron chi connectivity index (χ0n) is 16.6. The van der Waals surface area contributed by atoms with Crippen LogP contribution >= 0.6 is 11.6 Å². The molecule has 0 atom stereocenters. The Bertz CT molecular complexity index is 1350. The van der Waals surface area contributed by atoms with Crippen molar-refractivity contribution in [3.63, 3.8) is 0 Å². The third kappa shape index (κ3) is 4.11. The van der Waals surface area contributed by atoms with Crippen LogP contribution in [0.15, 0.2) is 60.7 Å². The lowest BCUT2D eigenvalue weighted by Gasteiger charge is -2.12. The van der Waals surface area contributed by atoms with E-state index in [1.54, 1.807) is 31.4 Å². The number of nitrogens with one attached hydrogen (secondary N) is 1. The van der Waals surface area contributed by atoms with Crippen LogP contribution in [0.5, 0.6) is 5.75 Å². The number of nitrogens with zero attached hydrogens (tertiary/aromatic N) is 4. The van der Waals surface area contributed by atoms with Gasteiger partial charge in [-0.1, -0.05) is 35.9 Å². The second kappa shape index (κ2) is 8.71. The normalized spacial score (nSPS) is 10.3. The number of halogens is 1. The Hall–Kier alpha value is -4.13. The van der Waals surface area contributed by atoms with Gasteiger partial charge in [-0.05, 0) is 42.0 Å². The van der Waals surface area contributed by atoms with E-state index in [-0.39, 0.29) is 0 Å². The molecule has 1 aromatic heterocycles. The molecule has 0 aliphatic carbocycles. The van der Waals surface area contributed by atoms with E-state index < -0.39 is 0 Å². The average Bonchev–Trinajstić information content (AvgIpc) is 2.82. The minimum Gasteiger partial charge on any atom is -0.495 e. The molecule has 0 aliphatic heterocycles. The van der Waals surface area contributed by atoms with Gasteiger partial charge < -0.3 is 10.1 Å². The molecule has 150 valence electrons. The highest BCUT2D eigenvalue weighted by Crippen LogP contribution is 2.31. The molecule has 0 spiro atoms. The van der Waals surface area contributed by atoms with Crippen LogP contribution in [-0.2, 0) is 6.54 Å². The van der Waals surface area contributed by atoms with Crippen LogP contribution in [0, 0.1) is 22.7 Å². The first-order valence-electron chi connectivity index (χ1n) is 9.40. The monoisotopic (exact) mass is 425 g/mol. The minimum absolute atomic E-state index is 0.473. The van der Waals surface area contributed by atoms with Crippen molar-refractivity contribution in [1.29, 1.82) is 10.5 Å². The van der Waals surface area contributed by atoms with Gasteiger partial charge in [0.1, 0.15) is 11.4 Å². The number of anilines is 1. The van der Waals surface area contributed by atoms with E-state index in [1.807, 2.05) is 36.4 Å². The van der Waals surface area contributed by atoms with Crippen LogP contribution in [0.3, 0.4) is 0 Å². The quantitative estimate of drug-likeness (QED) is 0.465. The maximum absolute atomic E-state index is 9.36. The fraction of sp³-hybridized carbons (Fsp3) is 0.0833. The van der Waals surface area contributed by atoms with E-state index in [2.05, 4.69) is 27.7 Å². The molecule has 4 rings (SSSR count). The summed E-state index contributed by atoms with van der Waals surface area (Å²) in [5, 5.41) is 32.6. The zero-order chi connectivity index (χ0) is 21.8. The second-order valence-corrected chi connectivity index (χ2v) is 7.19. The number of fused-ring (bicyclic) bond motifs is 1. The van der Waals surface area contributed by atoms with Crippen molar-refractivity contribution in [1.82, 2.24) is 10.2 Å². The number of methoxy groups -OCH3 is 1. The third-order valence-electron chi connectivity index (χ3n) is 4.87. The number of aromatic nitrogens is 2. The summed E-state index contributed by atoms with van der Waals surface area (Å²) in [6.45, 7) is 0.473. The maximum Gasteiger partial charge on any atom is 0.156 e. The predicted octanol–water partition coefficient (Wildman–Crippen LogP) is 5.31. The zero-order valence-corrected chi connectivity index (χ0v) is 17.3. The van der Waals surface area contributed by atoms with Crippen LogP contribution in [0.1, 0.15) is 16.7 Å². The predicted molar refractivity (Wildman–Crippen MR) is 120 cm³/mol. The third-order valence-corrected chi connectivity index (χ3v) is 5.17. The highest BCUT2D eigenvalue weighted by atomic mass is 35.5. The number of ether oxygens (including phenoxy) is 1. The summed E-state index contributed by atoms with van der Waals surface area (Å²) in [4.78, 5) is 0. The molecular weight excluding hydrogens is 410 g/mol. The summed E-state index contributed by atoms with van der Waals surface area (Å²) in [6.07, 6.45) is 0. The first kappa shape index (κ1) is 20.2. The summed E-state index contributed by atoms with van der Waals surface area (Å²) < 4.78 is 5.19. The molecule has 7 heteroatoms. The largest absolute Gasteiger partial charge is 0.495 e. The van der Waals surface area contributed by atoms with Gasteiger partial charge in [0.25, 0.3) is 0 Å². The topological polar surface area (TPSA) is 94.6 Å². The number of rotatable bonds is 5. The van der Waals surface area contributed by atoms with Gasteiger partial charge in [0, 0.05) is 22.9 Å². The average molecular weight is 426 g/mol. The van der Waals surface area contributed by atoms with Crippen LogP contribution in [0.2, 0.25) is 5.02 Å². The molecule has 0 saturated carbocycles. The van der Waals surface area contributed by atoms with Gasteiger partial charge in [-0.25, -0.2) is 0 Å². The fourth-order valence-corrected chi connectivity index (χ4v) is 3.56. The van der Waals surface area contributed by atoms with E-state index in [0.717, 1.165) is 21.9 Å². The molecule has 0 fully saturated rings. The lowest BCUT2D eigenvalue weighted by atomic mass is 10.0. The van der Waals surface area contributed by atoms with Crippen LogP contribution in [-0.4, -0.2) is 17.3 Å². The smallest absolute Gasteiger partial charge is 0.156 e. The van der Waals surface area contributed by atoms with Crippen LogP contribution < -0.4 is 10.1 Å². The molecule has 0 amide bonds. The van der Waals surface area contributed by atoms with Crippen LogP contribution in [0.4, 0.5) is 5.82 Å². The van der Waals surface area contributed by atoms with Crippen molar-refractivity contribution < 1.29 is 4.74 Å². The molecule has 6 nitrogen and oxygen atoms in total. The SMILES string of the molecule is COc1ccc(CNc2nnc(-c3ccc(C#N)cc3)c3ccc(C#N)cc23)cc1Cl. The van der Waals surface area contributed by atoms with Gasteiger partial charge in [-0.15, -0.1) is 10.2 Å². The second-order valence-electron chi connectivity index (χ2n) is 6.78. The number of hydrogen-bond acceptors (Lipinski definition) is 6. The van der Waals surface area contributed by atoms with E-state index >= 15 is 0 Å². The first-order valence-corrected chi connectivity index (χ1v) is 9.78. The molecule has 0 unspecified atom stereocenters. The molecule has 3 aromatic carbocycles. The Labute approximate surface area is 184 Å². The van der Waals surface area contributed by atoms with Crippen LogP contribution in [0.25, 0.3) is 22.0 Å². The summed E-state index contributed by atoms with van der Waals surface area (Å²) in [6, 6.07) is 22.4. The van der Waals surface area contributed by atoms with E-state index in [1.165, 1.54) is 0 Å². The van der Waals surface area contributed by atoms with Gasteiger partial charge in [0.2, 0.25) is 0 Å². The molecular formula is C24H16ClN5O. The summed E-state index contributed by atoms with van der Waals surface area (Å²) in [7, 11) is 1.57. The Morgan fingerprint density at radius 3 is 2.32 bits per heavy atom. The van der Waals surface area contributed by atoms with E-state index in [4.69, 9.17) is 21.6 Å². The molecule has 1 N–H and O–H groups in total. The van der Waals surface area contributed by atoms with Gasteiger partial charge in [-0.2, -0.15) is 10.5 Å². The van der Waals surface area contributed by atoms with Gasteiger partial charge in [0.15, 0.2) is 5.82 Å². The minimum atomic E-state index is 0.473. The lowest BCUT2D eigenvalue weighted by molar-refractivity contribution is 0.415. The van der Waals surface area contributed by atoms with Crippen molar-refractivity contribution >= 4 is 28.2 Å². The van der Waals surface area contributed by atoms with Gasteiger partial charge in [0.05, 0.1) is 35.4 Å². The Balaban J connectivity index is 1.73. The summed E-state index contributed by atoms with van der Waals surface area (Å²) >= 11 is 6.22. The fourth-order valence-electron chi connectivity index (χ4n) is 3.28. The van der Waals surface area contributed by atoms with E-state index in [0.29, 0.717) is 40.0 Å². The highest BCUT2D eigenvalue weighted by molar-refractivity contribution is 6.32. The van der Waals surface area contributed by atoms with Crippen molar-refractivity contribution in [2.45, 2.75) is 6.54 Å². The van der Waals surface area contributed by atoms with Crippen molar-refractivity contribution in [3.8, 4) is 29.1 Å². The number of benzene rings is 3. The molecule has 0 aliphatic rings. The highest BCUT2D eigenvalue weighted by Gasteiger charge is 2.13. The van der Waals surface area contributed by atoms with Crippen molar-refractivity contribution in [2.24, 2.45) is 0 Å². The van der Waals surface area contributed by atoms with Gasteiger partial charge in [-0.3, -0.25) is 0 Å². The lowest BCUT2D eigenvalue weighted by Crippen LogP contribution is -2.04. The Kier molecular flexibility index (Phi) is 5.66. The Morgan fingerprint density at radius 2 is 1.65 bits per heavy atom. The summed E-state index contributed by atoms with van der Waals surface area (Å²) in [5.74, 6) is 1.18. The molecule has 0 bridgehead atoms. The molecule has 1 heterocycles.